The minimum Gasteiger partial charge on any atom is -0.452 e. The average molecular weight is 407 g/mol. The van der Waals surface area contributed by atoms with E-state index in [-0.39, 0.29) is 18.4 Å². The van der Waals surface area contributed by atoms with Crippen LogP contribution >= 0.6 is 11.3 Å². The lowest BCUT2D eigenvalue weighted by molar-refractivity contribution is -0.139. The molecule has 3 aromatic heterocycles. The molecule has 0 saturated carbocycles. The summed E-state index contributed by atoms with van der Waals surface area (Å²) in [5.74, 6) is 0.527. The number of carbonyl (C=O) groups excluding carboxylic acids is 1. The first-order valence-electron chi connectivity index (χ1n) is 8.86. The summed E-state index contributed by atoms with van der Waals surface area (Å²) in [5.41, 5.74) is 2.11. The van der Waals surface area contributed by atoms with Crippen LogP contribution in [0.25, 0.3) is 28.8 Å². The molecule has 0 amide bonds. The second kappa shape index (κ2) is 8.24. The summed E-state index contributed by atoms with van der Waals surface area (Å²) in [6, 6.07) is 13.5. The molecule has 4 aromatic rings. The standard InChI is InChI=1S/C21H17N3O4S/c1-13-8-9-16(29-13)10-11-18(25)26-12-17-22-23-21(27-17)19-14(2)28-24-20(19)15-6-4-3-5-7-15/h3-11H,12H2,1-2H3/b11-10+. The number of thiophene rings is 1. The van der Waals surface area contributed by atoms with Crippen molar-refractivity contribution in [2.45, 2.75) is 20.5 Å². The normalized spacial score (nSPS) is 11.2. The Bertz CT molecular complexity index is 1160. The molecule has 0 aliphatic carbocycles. The third-order valence-electron chi connectivity index (χ3n) is 4.07. The Kier molecular flexibility index (Phi) is 5.35. The van der Waals surface area contributed by atoms with E-state index in [1.165, 1.54) is 11.0 Å². The molecule has 0 bridgehead atoms. The van der Waals surface area contributed by atoms with Crippen molar-refractivity contribution >= 4 is 23.4 Å². The molecular formula is C21H17N3O4S. The Labute approximate surface area is 170 Å². The van der Waals surface area contributed by atoms with E-state index in [4.69, 9.17) is 13.7 Å². The molecule has 4 rings (SSSR count). The quantitative estimate of drug-likeness (QED) is 0.334. The topological polar surface area (TPSA) is 91.2 Å². The smallest absolute Gasteiger partial charge is 0.331 e. The van der Waals surface area contributed by atoms with Crippen molar-refractivity contribution in [3.8, 4) is 22.7 Å². The van der Waals surface area contributed by atoms with E-state index < -0.39 is 5.97 Å². The van der Waals surface area contributed by atoms with Crippen molar-refractivity contribution in [3.05, 3.63) is 69.9 Å². The molecule has 3 heterocycles. The lowest BCUT2D eigenvalue weighted by Crippen LogP contribution is -2.00. The highest BCUT2D eigenvalue weighted by Gasteiger charge is 2.22. The highest BCUT2D eigenvalue weighted by atomic mass is 32.1. The summed E-state index contributed by atoms with van der Waals surface area (Å²) in [4.78, 5) is 14.1. The third-order valence-corrected chi connectivity index (χ3v) is 5.04. The molecule has 0 spiro atoms. The first-order chi connectivity index (χ1) is 14.1. The molecule has 146 valence electrons. The number of hydrogen-bond donors (Lipinski definition) is 0. The minimum atomic E-state index is -0.484. The van der Waals surface area contributed by atoms with Gasteiger partial charge in [0.1, 0.15) is 17.0 Å². The highest BCUT2D eigenvalue weighted by molar-refractivity contribution is 7.12. The number of aromatic nitrogens is 3. The van der Waals surface area contributed by atoms with Gasteiger partial charge in [0.15, 0.2) is 6.61 Å². The number of nitrogens with zero attached hydrogens (tertiary/aromatic N) is 3. The largest absolute Gasteiger partial charge is 0.452 e. The van der Waals surface area contributed by atoms with Crippen molar-refractivity contribution < 1.29 is 18.5 Å². The number of ether oxygens (including phenoxy) is 1. The number of hydrogen-bond acceptors (Lipinski definition) is 8. The molecular weight excluding hydrogens is 390 g/mol. The van der Waals surface area contributed by atoms with Gasteiger partial charge in [0.2, 0.25) is 0 Å². The van der Waals surface area contributed by atoms with Gasteiger partial charge in [-0.15, -0.1) is 21.5 Å². The van der Waals surface area contributed by atoms with Crippen molar-refractivity contribution in [1.29, 1.82) is 0 Å². The van der Waals surface area contributed by atoms with Crippen LogP contribution in [-0.4, -0.2) is 21.3 Å². The van der Waals surface area contributed by atoms with Gasteiger partial charge >= 0.3 is 5.97 Å². The molecule has 0 atom stereocenters. The fourth-order valence-corrected chi connectivity index (χ4v) is 3.48. The Morgan fingerprint density at radius 2 is 1.97 bits per heavy atom. The summed E-state index contributed by atoms with van der Waals surface area (Å²) >= 11 is 1.60. The number of carbonyl (C=O) groups is 1. The number of benzene rings is 1. The van der Waals surface area contributed by atoms with Gasteiger partial charge in [0, 0.05) is 21.4 Å². The maximum Gasteiger partial charge on any atom is 0.331 e. The van der Waals surface area contributed by atoms with Crippen LogP contribution in [0.2, 0.25) is 0 Å². The molecule has 8 heteroatoms. The fourth-order valence-electron chi connectivity index (χ4n) is 2.70. The maximum atomic E-state index is 11.9. The van der Waals surface area contributed by atoms with Crippen LogP contribution in [0.3, 0.4) is 0 Å². The van der Waals surface area contributed by atoms with Gasteiger partial charge in [-0.05, 0) is 32.1 Å². The van der Waals surface area contributed by atoms with Gasteiger partial charge in [-0.1, -0.05) is 35.5 Å². The predicted octanol–water partition coefficient (Wildman–Crippen LogP) is 4.83. The second-order valence-corrected chi connectivity index (χ2v) is 7.54. The van der Waals surface area contributed by atoms with Gasteiger partial charge in [-0.25, -0.2) is 4.79 Å². The number of aryl methyl sites for hydroxylation is 2. The first-order valence-corrected chi connectivity index (χ1v) is 9.67. The summed E-state index contributed by atoms with van der Waals surface area (Å²) in [5, 5.41) is 12.1. The van der Waals surface area contributed by atoms with E-state index >= 15 is 0 Å². The van der Waals surface area contributed by atoms with Crippen molar-refractivity contribution in [2.75, 3.05) is 0 Å². The van der Waals surface area contributed by atoms with Crippen LogP contribution in [0.1, 0.15) is 21.4 Å². The molecule has 29 heavy (non-hydrogen) atoms. The molecule has 1 aromatic carbocycles. The van der Waals surface area contributed by atoms with Crippen LogP contribution in [0, 0.1) is 13.8 Å². The summed E-state index contributed by atoms with van der Waals surface area (Å²) in [6.07, 6.45) is 3.09. The Balaban J connectivity index is 1.45. The van der Waals surface area contributed by atoms with Crippen molar-refractivity contribution in [3.63, 3.8) is 0 Å². The molecule has 0 N–H and O–H groups in total. The minimum absolute atomic E-state index is 0.120. The van der Waals surface area contributed by atoms with E-state index in [2.05, 4.69) is 15.4 Å². The average Bonchev–Trinajstić information content (AvgIpc) is 3.45. The van der Waals surface area contributed by atoms with E-state index in [1.807, 2.05) is 49.4 Å². The van der Waals surface area contributed by atoms with Gasteiger partial charge in [0.05, 0.1) is 0 Å². The van der Waals surface area contributed by atoms with Gasteiger partial charge < -0.3 is 13.7 Å². The zero-order valence-electron chi connectivity index (χ0n) is 15.8. The zero-order valence-corrected chi connectivity index (χ0v) is 16.6. The monoisotopic (exact) mass is 407 g/mol. The lowest BCUT2D eigenvalue weighted by Gasteiger charge is -1.98. The number of rotatable bonds is 6. The molecule has 0 aliphatic rings. The molecule has 0 radical (unpaired) electrons. The Morgan fingerprint density at radius 1 is 1.14 bits per heavy atom. The van der Waals surface area contributed by atoms with E-state index in [1.54, 1.807) is 24.3 Å². The molecule has 0 saturated heterocycles. The zero-order chi connectivity index (χ0) is 20.2. The summed E-state index contributed by atoms with van der Waals surface area (Å²) < 4.78 is 16.2. The van der Waals surface area contributed by atoms with Gasteiger partial charge in [0.25, 0.3) is 11.8 Å². The summed E-state index contributed by atoms with van der Waals surface area (Å²) in [6.45, 7) is 3.66. The van der Waals surface area contributed by atoms with Crippen LogP contribution in [-0.2, 0) is 16.1 Å². The van der Waals surface area contributed by atoms with Crippen LogP contribution in [0.5, 0.6) is 0 Å². The van der Waals surface area contributed by atoms with Crippen LogP contribution in [0.15, 0.2) is 57.5 Å². The van der Waals surface area contributed by atoms with Crippen molar-refractivity contribution in [1.82, 2.24) is 15.4 Å². The lowest BCUT2D eigenvalue weighted by atomic mass is 10.1. The first kappa shape index (κ1) is 18.8. The van der Waals surface area contributed by atoms with Crippen molar-refractivity contribution in [2.24, 2.45) is 0 Å². The van der Waals surface area contributed by atoms with Crippen LogP contribution in [0.4, 0.5) is 0 Å². The predicted molar refractivity (Wildman–Crippen MR) is 108 cm³/mol. The maximum absolute atomic E-state index is 11.9. The molecule has 0 fully saturated rings. The second-order valence-electron chi connectivity index (χ2n) is 6.22. The van der Waals surface area contributed by atoms with Gasteiger partial charge in [-0.2, -0.15) is 0 Å². The molecule has 7 nitrogen and oxygen atoms in total. The molecule has 0 aliphatic heterocycles. The summed E-state index contributed by atoms with van der Waals surface area (Å²) in [7, 11) is 0. The SMILES string of the molecule is Cc1ccc(/C=C/C(=O)OCc2nnc(-c3c(-c4ccccc4)noc3C)o2)s1. The van der Waals surface area contributed by atoms with Crippen LogP contribution < -0.4 is 0 Å². The van der Waals surface area contributed by atoms with E-state index in [9.17, 15) is 4.79 Å². The van der Waals surface area contributed by atoms with E-state index in [0.29, 0.717) is 17.0 Å². The van der Waals surface area contributed by atoms with Gasteiger partial charge in [-0.3, -0.25) is 0 Å². The Morgan fingerprint density at radius 3 is 2.72 bits per heavy atom. The van der Waals surface area contributed by atoms with E-state index in [0.717, 1.165) is 10.4 Å². The highest BCUT2D eigenvalue weighted by Crippen LogP contribution is 2.33. The third kappa shape index (κ3) is 4.33. The fraction of sp³-hybridized carbons (Fsp3) is 0.143. The molecule has 0 unspecified atom stereocenters. The number of esters is 1. The Hall–Kier alpha value is -3.52.